The number of nitrogens with zero attached hydrogens (tertiary/aromatic N) is 4. The second kappa shape index (κ2) is 3.61. The molecule has 2 aromatic rings. The van der Waals surface area contributed by atoms with Crippen LogP contribution in [0.1, 0.15) is 19.4 Å². The topological polar surface area (TPSA) is 89.8 Å². The molecule has 1 saturated carbocycles. The van der Waals surface area contributed by atoms with Crippen molar-refractivity contribution in [1.29, 1.82) is 0 Å². The molecule has 96 valence electrons. The van der Waals surface area contributed by atoms with Crippen LogP contribution >= 0.6 is 0 Å². The Hall–Kier alpha value is -1.76. The largest absolute Gasteiger partial charge is 0.396 e. The van der Waals surface area contributed by atoms with Gasteiger partial charge in [0.25, 0.3) is 0 Å². The number of alkyl halides is 1. The van der Waals surface area contributed by atoms with Crippen LogP contribution in [0.25, 0.3) is 11.2 Å². The van der Waals surface area contributed by atoms with Gasteiger partial charge in [-0.05, 0) is 13.3 Å². The zero-order valence-electron chi connectivity index (χ0n) is 9.91. The molecule has 6 nitrogen and oxygen atoms in total. The van der Waals surface area contributed by atoms with Crippen LogP contribution in [0.2, 0.25) is 0 Å². The Morgan fingerprint density at radius 3 is 3.00 bits per heavy atom. The Morgan fingerprint density at radius 1 is 1.56 bits per heavy atom. The van der Waals surface area contributed by atoms with Crippen molar-refractivity contribution in [2.45, 2.75) is 25.1 Å². The van der Waals surface area contributed by atoms with Gasteiger partial charge in [-0.15, -0.1) is 0 Å². The molecular formula is C11H14FN5O. The van der Waals surface area contributed by atoms with Crippen molar-refractivity contribution in [1.82, 2.24) is 19.5 Å². The standard InChI is InChI=1S/C11H14FN5O/c1-11(12)6(3-18)2-7(11)17-5-16-8-9(13)14-4-15-10(8)17/h4-7,18H,2-3H2,1H3,(H2,13,14,15)/t6-,7-,11+/m1/s1. The fourth-order valence-electron chi connectivity index (χ4n) is 2.58. The average Bonchev–Trinajstić information content (AvgIpc) is 2.74. The minimum absolute atomic E-state index is 0.146. The highest BCUT2D eigenvalue weighted by Crippen LogP contribution is 2.50. The van der Waals surface area contributed by atoms with Gasteiger partial charge in [0, 0.05) is 12.5 Å². The van der Waals surface area contributed by atoms with Crippen LogP contribution in [0.3, 0.4) is 0 Å². The van der Waals surface area contributed by atoms with Crippen molar-refractivity contribution in [3.63, 3.8) is 0 Å². The average molecular weight is 251 g/mol. The summed E-state index contributed by atoms with van der Waals surface area (Å²) in [5, 5.41) is 9.08. The Bertz CT molecular complexity index is 596. The summed E-state index contributed by atoms with van der Waals surface area (Å²) in [6.07, 6.45) is 3.44. The zero-order valence-corrected chi connectivity index (χ0v) is 9.91. The van der Waals surface area contributed by atoms with E-state index in [1.54, 1.807) is 4.57 Å². The molecule has 3 atom stereocenters. The molecule has 7 heteroatoms. The van der Waals surface area contributed by atoms with Gasteiger partial charge in [0.15, 0.2) is 11.5 Å². The van der Waals surface area contributed by atoms with E-state index in [1.807, 2.05) is 0 Å². The number of nitrogens with two attached hydrogens (primary N) is 1. The number of rotatable bonds is 2. The smallest absolute Gasteiger partial charge is 0.165 e. The van der Waals surface area contributed by atoms with E-state index in [4.69, 9.17) is 10.8 Å². The molecular weight excluding hydrogens is 237 g/mol. The molecule has 18 heavy (non-hydrogen) atoms. The lowest BCUT2D eigenvalue weighted by Gasteiger charge is -2.47. The SMILES string of the molecule is C[C@]1(F)[C@@H](CO)C[C@H]1n1cnc2c(N)ncnc21. The van der Waals surface area contributed by atoms with E-state index < -0.39 is 5.67 Å². The predicted molar refractivity (Wildman–Crippen MR) is 63.5 cm³/mol. The second-order valence-corrected chi connectivity index (χ2v) is 4.87. The highest BCUT2D eigenvalue weighted by atomic mass is 19.1. The number of aromatic nitrogens is 4. The molecule has 0 spiro atoms. The van der Waals surface area contributed by atoms with Crippen LogP contribution in [0.15, 0.2) is 12.7 Å². The highest BCUT2D eigenvalue weighted by Gasteiger charge is 2.53. The van der Waals surface area contributed by atoms with E-state index >= 15 is 0 Å². The van der Waals surface area contributed by atoms with E-state index in [1.165, 1.54) is 19.6 Å². The van der Waals surface area contributed by atoms with Gasteiger partial charge >= 0.3 is 0 Å². The van der Waals surface area contributed by atoms with Gasteiger partial charge in [0.2, 0.25) is 0 Å². The quantitative estimate of drug-likeness (QED) is 0.819. The second-order valence-electron chi connectivity index (χ2n) is 4.87. The van der Waals surface area contributed by atoms with Gasteiger partial charge in [0.1, 0.15) is 17.5 Å². The van der Waals surface area contributed by atoms with E-state index in [-0.39, 0.29) is 24.4 Å². The number of nitrogen functional groups attached to an aromatic ring is 1. The van der Waals surface area contributed by atoms with Crippen molar-refractivity contribution < 1.29 is 9.50 Å². The minimum Gasteiger partial charge on any atom is -0.396 e. The first-order valence-electron chi connectivity index (χ1n) is 5.78. The van der Waals surface area contributed by atoms with E-state index in [0.29, 0.717) is 17.6 Å². The van der Waals surface area contributed by atoms with Crippen molar-refractivity contribution in [2.24, 2.45) is 5.92 Å². The number of aliphatic hydroxyl groups is 1. The first-order valence-corrected chi connectivity index (χ1v) is 5.78. The third kappa shape index (κ3) is 1.34. The molecule has 2 aromatic heterocycles. The number of fused-ring (bicyclic) bond motifs is 1. The van der Waals surface area contributed by atoms with Crippen LogP contribution < -0.4 is 5.73 Å². The van der Waals surface area contributed by atoms with Crippen LogP contribution in [-0.2, 0) is 0 Å². The summed E-state index contributed by atoms with van der Waals surface area (Å²) in [4.78, 5) is 12.1. The maximum absolute atomic E-state index is 14.4. The van der Waals surface area contributed by atoms with Gasteiger partial charge in [-0.25, -0.2) is 19.3 Å². The lowest BCUT2D eigenvalue weighted by Crippen LogP contribution is -2.52. The van der Waals surface area contributed by atoms with Gasteiger partial charge in [-0.2, -0.15) is 0 Å². The maximum Gasteiger partial charge on any atom is 0.165 e. The number of hydrogen-bond acceptors (Lipinski definition) is 5. The summed E-state index contributed by atoms with van der Waals surface area (Å²) in [6, 6.07) is -0.367. The van der Waals surface area contributed by atoms with Gasteiger partial charge in [-0.3, -0.25) is 0 Å². The van der Waals surface area contributed by atoms with Gasteiger partial charge < -0.3 is 15.4 Å². The molecule has 0 saturated heterocycles. The lowest BCUT2D eigenvalue weighted by atomic mass is 9.68. The molecule has 0 aliphatic heterocycles. The Kier molecular flexibility index (Phi) is 2.28. The summed E-state index contributed by atoms with van der Waals surface area (Å²) < 4.78 is 16.1. The number of halogens is 1. The number of imidazole rings is 1. The minimum atomic E-state index is -1.46. The molecule has 0 aromatic carbocycles. The van der Waals surface area contributed by atoms with Gasteiger partial charge in [-0.1, -0.05) is 0 Å². The van der Waals surface area contributed by atoms with Crippen LogP contribution in [0, 0.1) is 5.92 Å². The zero-order chi connectivity index (χ0) is 12.9. The third-order valence-electron chi connectivity index (χ3n) is 3.90. The summed E-state index contributed by atoms with van der Waals surface area (Å²) in [6.45, 7) is 1.35. The molecule has 0 bridgehead atoms. The van der Waals surface area contributed by atoms with Gasteiger partial charge in [0.05, 0.1) is 12.4 Å². The summed E-state index contributed by atoms with van der Waals surface area (Å²) in [7, 11) is 0. The fraction of sp³-hybridized carbons (Fsp3) is 0.545. The summed E-state index contributed by atoms with van der Waals surface area (Å²) in [5.41, 5.74) is 5.26. The van der Waals surface area contributed by atoms with Crippen LogP contribution in [0.5, 0.6) is 0 Å². The molecule has 1 aliphatic rings. The van der Waals surface area contributed by atoms with E-state index in [2.05, 4.69) is 15.0 Å². The molecule has 3 N–H and O–H groups in total. The lowest BCUT2D eigenvalue weighted by molar-refractivity contribution is -0.0809. The number of aliphatic hydroxyl groups excluding tert-OH is 1. The van der Waals surface area contributed by atoms with Crippen molar-refractivity contribution >= 4 is 17.0 Å². The molecule has 1 fully saturated rings. The highest BCUT2D eigenvalue weighted by molar-refractivity contribution is 5.81. The molecule has 0 amide bonds. The van der Waals surface area contributed by atoms with Crippen LogP contribution in [0.4, 0.5) is 10.2 Å². The third-order valence-corrected chi connectivity index (χ3v) is 3.90. The Balaban J connectivity index is 2.04. The Morgan fingerprint density at radius 2 is 2.33 bits per heavy atom. The van der Waals surface area contributed by atoms with Crippen LogP contribution in [-0.4, -0.2) is 36.9 Å². The van der Waals surface area contributed by atoms with Crippen molar-refractivity contribution in [3.8, 4) is 0 Å². The van der Waals surface area contributed by atoms with E-state index in [9.17, 15) is 4.39 Å². The predicted octanol–water partition coefficient (Wildman–Crippen LogP) is 0.690. The molecule has 0 unspecified atom stereocenters. The maximum atomic E-state index is 14.4. The first kappa shape index (κ1) is 11.3. The molecule has 1 aliphatic carbocycles. The summed E-state index contributed by atoms with van der Waals surface area (Å²) in [5.74, 6) is -0.0449. The summed E-state index contributed by atoms with van der Waals surface area (Å²) >= 11 is 0. The number of anilines is 1. The normalized spacial score (nSPS) is 31.5. The number of hydrogen-bond donors (Lipinski definition) is 2. The Labute approximate surface area is 103 Å². The van der Waals surface area contributed by atoms with E-state index in [0.717, 1.165) is 0 Å². The van der Waals surface area contributed by atoms with Crippen molar-refractivity contribution in [3.05, 3.63) is 12.7 Å². The van der Waals surface area contributed by atoms with Crippen molar-refractivity contribution in [2.75, 3.05) is 12.3 Å². The molecule has 0 radical (unpaired) electrons. The molecule has 2 heterocycles. The monoisotopic (exact) mass is 251 g/mol. The molecule has 3 rings (SSSR count). The first-order chi connectivity index (χ1) is 8.55. The fourth-order valence-corrected chi connectivity index (χ4v) is 2.58.